The highest BCUT2D eigenvalue weighted by Crippen LogP contribution is 2.24. The van der Waals surface area contributed by atoms with Gasteiger partial charge in [0.25, 0.3) is 0 Å². The number of hydrogen-bond acceptors (Lipinski definition) is 6. The number of rotatable bonds is 6. The number of primary amides is 1. The molecule has 0 aliphatic carbocycles. The monoisotopic (exact) mass is 279 g/mol. The molecule has 7 heteroatoms. The van der Waals surface area contributed by atoms with Crippen molar-refractivity contribution < 1.29 is 9.53 Å². The number of nitrogens with one attached hydrogen (secondary N) is 1. The van der Waals surface area contributed by atoms with Crippen LogP contribution in [-0.4, -0.2) is 42.6 Å². The number of carbonyl (C=O) groups is 1. The summed E-state index contributed by atoms with van der Waals surface area (Å²) >= 11 is 0. The molecule has 1 aromatic heterocycles. The first-order valence-electron chi connectivity index (χ1n) is 6.81. The fourth-order valence-corrected chi connectivity index (χ4v) is 2.23. The predicted molar refractivity (Wildman–Crippen MR) is 76.4 cm³/mol. The summed E-state index contributed by atoms with van der Waals surface area (Å²) in [6.45, 7) is 4.33. The molecule has 2 heterocycles. The van der Waals surface area contributed by atoms with Gasteiger partial charge in [0.1, 0.15) is 18.2 Å². The largest absolute Gasteiger partial charge is 0.374 e. The summed E-state index contributed by atoms with van der Waals surface area (Å²) in [4.78, 5) is 22.1. The third kappa shape index (κ3) is 3.36. The summed E-state index contributed by atoms with van der Waals surface area (Å²) in [6.07, 6.45) is 0.773. The smallest absolute Gasteiger partial charge is 0.222 e. The van der Waals surface area contributed by atoms with Crippen LogP contribution < -0.4 is 16.0 Å². The first-order chi connectivity index (χ1) is 9.63. The van der Waals surface area contributed by atoms with Crippen LogP contribution in [0.1, 0.15) is 19.2 Å². The second-order valence-electron chi connectivity index (χ2n) is 4.75. The van der Waals surface area contributed by atoms with Crippen molar-refractivity contribution in [1.29, 1.82) is 0 Å². The maximum Gasteiger partial charge on any atom is 0.222 e. The number of amides is 1. The molecule has 1 aliphatic heterocycles. The Morgan fingerprint density at radius 2 is 2.40 bits per heavy atom. The third-order valence-corrected chi connectivity index (χ3v) is 3.36. The summed E-state index contributed by atoms with van der Waals surface area (Å²) < 4.78 is 5.35. The lowest BCUT2D eigenvalue weighted by atomic mass is 10.1. The molecule has 20 heavy (non-hydrogen) atoms. The predicted octanol–water partition coefficient (Wildman–Crippen LogP) is 0.366. The number of anilines is 2. The minimum Gasteiger partial charge on any atom is -0.374 e. The summed E-state index contributed by atoms with van der Waals surface area (Å²) in [6, 6.07) is 1.87. The Labute approximate surface area is 118 Å². The molecular weight excluding hydrogens is 258 g/mol. The molecule has 1 aromatic rings. The molecule has 1 unspecified atom stereocenters. The van der Waals surface area contributed by atoms with Gasteiger partial charge in [0.2, 0.25) is 5.91 Å². The lowest BCUT2D eigenvalue weighted by Crippen LogP contribution is -2.28. The number of nitrogens with zero attached hydrogens (tertiary/aromatic N) is 3. The molecule has 0 saturated carbocycles. The molecule has 110 valence electrons. The van der Waals surface area contributed by atoms with Crippen LogP contribution in [0.5, 0.6) is 0 Å². The van der Waals surface area contributed by atoms with Crippen LogP contribution in [0.25, 0.3) is 0 Å². The normalized spacial score (nSPS) is 18.3. The van der Waals surface area contributed by atoms with E-state index in [2.05, 4.69) is 20.2 Å². The van der Waals surface area contributed by atoms with Crippen LogP contribution in [-0.2, 0) is 16.1 Å². The standard InChI is InChI=1S/C13H21N5O2/c1-3-20-8-11-16-10(15-2)6-12(17-11)18-5-4-9(7-18)13(14)19/h6,9H,3-5,7-8H2,1-2H3,(H2,14,19)(H,15,16,17). The van der Waals surface area contributed by atoms with Crippen molar-refractivity contribution in [1.82, 2.24) is 9.97 Å². The number of hydrogen-bond donors (Lipinski definition) is 2. The summed E-state index contributed by atoms with van der Waals surface area (Å²) in [5.41, 5.74) is 5.36. The van der Waals surface area contributed by atoms with E-state index in [0.717, 1.165) is 24.6 Å². The Hall–Kier alpha value is -1.89. The van der Waals surface area contributed by atoms with Gasteiger partial charge in [-0.05, 0) is 13.3 Å². The zero-order chi connectivity index (χ0) is 14.5. The van der Waals surface area contributed by atoms with E-state index in [1.807, 2.05) is 20.0 Å². The minimum atomic E-state index is -0.245. The Bertz CT molecular complexity index is 480. The first-order valence-corrected chi connectivity index (χ1v) is 6.81. The van der Waals surface area contributed by atoms with Crippen molar-refractivity contribution >= 4 is 17.5 Å². The molecular formula is C13H21N5O2. The molecule has 1 amide bonds. The number of ether oxygens (including phenoxy) is 1. The van der Waals surface area contributed by atoms with Gasteiger partial charge in [-0.2, -0.15) is 0 Å². The van der Waals surface area contributed by atoms with Gasteiger partial charge in [0.15, 0.2) is 5.82 Å². The van der Waals surface area contributed by atoms with Gasteiger partial charge >= 0.3 is 0 Å². The van der Waals surface area contributed by atoms with Gasteiger partial charge in [0, 0.05) is 32.8 Å². The molecule has 0 spiro atoms. The van der Waals surface area contributed by atoms with Crippen molar-refractivity contribution in [3.8, 4) is 0 Å². The molecule has 7 nitrogen and oxygen atoms in total. The van der Waals surface area contributed by atoms with E-state index >= 15 is 0 Å². The van der Waals surface area contributed by atoms with E-state index in [0.29, 0.717) is 25.6 Å². The maximum atomic E-state index is 11.2. The van der Waals surface area contributed by atoms with Gasteiger partial charge in [-0.15, -0.1) is 0 Å². The van der Waals surface area contributed by atoms with Crippen molar-refractivity contribution in [2.45, 2.75) is 20.0 Å². The van der Waals surface area contributed by atoms with Crippen LogP contribution in [0.4, 0.5) is 11.6 Å². The Morgan fingerprint density at radius 3 is 3.00 bits per heavy atom. The fraction of sp³-hybridized carbons (Fsp3) is 0.615. The Balaban J connectivity index is 2.16. The van der Waals surface area contributed by atoms with Crippen molar-refractivity contribution in [3.05, 3.63) is 11.9 Å². The molecule has 1 saturated heterocycles. The number of nitrogens with two attached hydrogens (primary N) is 1. The molecule has 1 aliphatic rings. The third-order valence-electron chi connectivity index (χ3n) is 3.36. The van der Waals surface area contributed by atoms with Gasteiger partial charge in [-0.1, -0.05) is 0 Å². The first kappa shape index (κ1) is 14.5. The second-order valence-corrected chi connectivity index (χ2v) is 4.75. The topological polar surface area (TPSA) is 93.4 Å². The lowest BCUT2D eigenvalue weighted by Gasteiger charge is -2.18. The minimum absolute atomic E-state index is 0.0988. The highest BCUT2D eigenvalue weighted by molar-refractivity contribution is 5.78. The average molecular weight is 279 g/mol. The van der Waals surface area contributed by atoms with Crippen LogP contribution in [0.2, 0.25) is 0 Å². The highest BCUT2D eigenvalue weighted by Gasteiger charge is 2.27. The molecule has 0 radical (unpaired) electrons. The molecule has 1 fully saturated rings. The van der Waals surface area contributed by atoms with Crippen molar-refractivity contribution in [2.75, 3.05) is 37.0 Å². The molecule has 0 aromatic carbocycles. The van der Waals surface area contributed by atoms with E-state index < -0.39 is 0 Å². The zero-order valence-electron chi connectivity index (χ0n) is 11.9. The van der Waals surface area contributed by atoms with Crippen LogP contribution in [0, 0.1) is 5.92 Å². The van der Waals surface area contributed by atoms with E-state index in [9.17, 15) is 4.79 Å². The average Bonchev–Trinajstić information content (AvgIpc) is 2.94. The van der Waals surface area contributed by atoms with Crippen LogP contribution in [0.3, 0.4) is 0 Å². The summed E-state index contributed by atoms with van der Waals surface area (Å²) in [5, 5.41) is 3.02. The molecule has 2 rings (SSSR count). The van der Waals surface area contributed by atoms with Gasteiger partial charge < -0.3 is 20.7 Å². The van der Waals surface area contributed by atoms with Gasteiger partial charge in [-0.3, -0.25) is 4.79 Å². The van der Waals surface area contributed by atoms with E-state index in [4.69, 9.17) is 10.5 Å². The van der Waals surface area contributed by atoms with Crippen LogP contribution >= 0.6 is 0 Å². The highest BCUT2D eigenvalue weighted by atomic mass is 16.5. The van der Waals surface area contributed by atoms with E-state index in [1.54, 1.807) is 0 Å². The summed E-state index contributed by atoms with van der Waals surface area (Å²) in [7, 11) is 1.81. The van der Waals surface area contributed by atoms with Crippen molar-refractivity contribution in [3.63, 3.8) is 0 Å². The number of aromatic nitrogens is 2. The fourth-order valence-electron chi connectivity index (χ4n) is 2.23. The second kappa shape index (κ2) is 6.51. The molecule has 0 bridgehead atoms. The van der Waals surface area contributed by atoms with Gasteiger partial charge in [-0.25, -0.2) is 9.97 Å². The summed E-state index contributed by atoms with van der Waals surface area (Å²) in [5.74, 6) is 1.84. The lowest BCUT2D eigenvalue weighted by molar-refractivity contribution is -0.121. The quantitative estimate of drug-likeness (QED) is 0.781. The van der Waals surface area contributed by atoms with E-state index in [-0.39, 0.29) is 11.8 Å². The van der Waals surface area contributed by atoms with Crippen molar-refractivity contribution in [2.24, 2.45) is 11.7 Å². The van der Waals surface area contributed by atoms with E-state index in [1.165, 1.54) is 0 Å². The number of carbonyl (C=O) groups excluding carboxylic acids is 1. The zero-order valence-corrected chi connectivity index (χ0v) is 11.9. The van der Waals surface area contributed by atoms with Crippen LogP contribution in [0.15, 0.2) is 6.07 Å². The molecule has 3 N–H and O–H groups in total. The Morgan fingerprint density at radius 1 is 1.60 bits per heavy atom. The maximum absolute atomic E-state index is 11.2. The van der Waals surface area contributed by atoms with Gasteiger partial charge in [0.05, 0.1) is 5.92 Å². The SMILES string of the molecule is CCOCc1nc(NC)cc(N2CCC(C(N)=O)C2)n1. The molecule has 1 atom stereocenters. The Kier molecular flexibility index (Phi) is 4.73.